The first-order chi connectivity index (χ1) is 8.16. The number of nitrogens with one attached hydrogen (secondary N) is 1. The number of halogens is 1. The average Bonchev–Trinajstić information content (AvgIpc) is 3.06. The molecule has 1 aromatic rings. The molecule has 0 atom stereocenters. The van der Waals surface area contributed by atoms with Crippen molar-refractivity contribution in [3.8, 4) is 5.75 Å². The molecule has 92 valence electrons. The summed E-state index contributed by atoms with van der Waals surface area (Å²) >= 11 is 5.93. The smallest absolute Gasteiger partial charge is 0.223 e. The van der Waals surface area contributed by atoms with Gasteiger partial charge in [0.25, 0.3) is 0 Å². The highest BCUT2D eigenvalue weighted by atomic mass is 35.5. The van der Waals surface area contributed by atoms with E-state index in [9.17, 15) is 4.79 Å². The van der Waals surface area contributed by atoms with Gasteiger partial charge in [-0.1, -0.05) is 17.7 Å². The number of carbonyl (C=O) groups excluding carboxylic acids is 1. The van der Waals surface area contributed by atoms with Crippen LogP contribution in [0.5, 0.6) is 5.75 Å². The first-order valence-electron chi connectivity index (χ1n) is 5.63. The minimum Gasteiger partial charge on any atom is -0.489 e. The van der Waals surface area contributed by atoms with Crippen molar-refractivity contribution in [2.24, 2.45) is 0 Å². The van der Waals surface area contributed by atoms with E-state index in [2.05, 4.69) is 5.32 Å². The van der Waals surface area contributed by atoms with Crippen molar-refractivity contribution in [1.82, 2.24) is 5.32 Å². The van der Waals surface area contributed by atoms with Crippen LogP contribution in [0.4, 0.5) is 5.69 Å². The lowest BCUT2D eigenvalue weighted by Crippen LogP contribution is -2.26. The second-order valence-corrected chi connectivity index (χ2v) is 4.51. The first kappa shape index (κ1) is 12.0. The zero-order valence-corrected chi connectivity index (χ0v) is 10.2. The number of carbonyl (C=O) groups is 1. The summed E-state index contributed by atoms with van der Waals surface area (Å²) in [4.78, 5) is 11.4. The molecule has 0 aliphatic heterocycles. The van der Waals surface area contributed by atoms with Gasteiger partial charge in [-0.05, 0) is 25.0 Å². The molecule has 0 aromatic heterocycles. The van der Waals surface area contributed by atoms with Gasteiger partial charge >= 0.3 is 0 Å². The normalized spacial score (nSPS) is 14.4. The number of nitrogen functional groups attached to an aromatic ring is 1. The summed E-state index contributed by atoms with van der Waals surface area (Å²) in [6.07, 6.45) is 2.50. The molecule has 1 aliphatic carbocycles. The van der Waals surface area contributed by atoms with Crippen molar-refractivity contribution in [2.45, 2.75) is 25.3 Å². The third-order valence-electron chi connectivity index (χ3n) is 2.52. The Balaban J connectivity index is 1.79. The fourth-order valence-corrected chi connectivity index (χ4v) is 1.69. The van der Waals surface area contributed by atoms with E-state index in [-0.39, 0.29) is 12.5 Å². The molecule has 0 radical (unpaired) electrons. The molecule has 2 rings (SSSR count). The predicted molar refractivity (Wildman–Crippen MR) is 67.1 cm³/mol. The molecule has 4 nitrogen and oxygen atoms in total. The lowest BCUT2D eigenvalue weighted by atomic mass is 10.3. The number of amides is 1. The molecular weight excluding hydrogens is 240 g/mol. The molecule has 1 aromatic carbocycles. The molecule has 5 heteroatoms. The number of nitrogens with two attached hydrogens (primary N) is 1. The van der Waals surface area contributed by atoms with Crippen molar-refractivity contribution in [3.05, 3.63) is 23.2 Å². The first-order valence-corrected chi connectivity index (χ1v) is 6.01. The maximum Gasteiger partial charge on any atom is 0.223 e. The monoisotopic (exact) mass is 254 g/mol. The SMILES string of the molecule is Nc1cccc(Cl)c1OCCC(=O)NC1CC1. The van der Waals surface area contributed by atoms with Crippen LogP contribution >= 0.6 is 11.6 Å². The molecule has 1 saturated carbocycles. The Morgan fingerprint density at radius 2 is 2.29 bits per heavy atom. The number of benzene rings is 1. The summed E-state index contributed by atoms with van der Waals surface area (Å²) in [5.74, 6) is 0.464. The summed E-state index contributed by atoms with van der Waals surface area (Å²) in [6, 6.07) is 5.56. The second kappa shape index (κ2) is 5.27. The number of rotatable bonds is 5. The van der Waals surface area contributed by atoms with E-state index in [0.717, 1.165) is 12.8 Å². The average molecular weight is 255 g/mol. The van der Waals surface area contributed by atoms with Crippen LogP contribution in [0.2, 0.25) is 5.02 Å². The summed E-state index contributed by atoms with van der Waals surface area (Å²) in [5.41, 5.74) is 6.21. The van der Waals surface area contributed by atoms with Crippen molar-refractivity contribution >= 4 is 23.2 Å². The number of ether oxygens (including phenoxy) is 1. The van der Waals surface area contributed by atoms with Crippen LogP contribution in [0.3, 0.4) is 0 Å². The van der Waals surface area contributed by atoms with E-state index in [1.165, 1.54) is 0 Å². The predicted octanol–water partition coefficient (Wildman–Crippen LogP) is 1.97. The van der Waals surface area contributed by atoms with Gasteiger partial charge in [-0.15, -0.1) is 0 Å². The fourth-order valence-electron chi connectivity index (χ4n) is 1.45. The Morgan fingerprint density at radius 1 is 1.53 bits per heavy atom. The molecule has 0 heterocycles. The van der Waals surface area contributed by atoms with Gasteiger partial charge in [0.2, 0.25) is 5.91 Å². The number of para-hydroxylation sites is 1. The van der Waals surface area contributed by atoms with Crippen molar-refractivity contribution in [3.63, 3.8) is 0 Å². The fraction of sp³-hybridized carbons (Fsp3) is 0.417. The molecular formula is C12H15ClN2O2. The van der Waals surface area contributed by atoms with Gasteiger partial charge < -0.3 is 15.8 Å². The van der Waals surface area contributed by atoms with Gasteiger partial charge in [0.15, 0.2) is 5.75 Å². The lowest BCUT2D eigenvalue weighted by Gasteiger charge is -2.10. The van der Waals surface area contributed by atoms with Gasteiger partial charge in [0.05, 0.1) is 23.7 Å². The van der Waals surface area contributed by atoms with Crippen molar-refractivity contribution < 1.29 is 9.53 Å². The maximum absolute atomic E-state index is 11.4. The van der Waals surface area contributed by atoms with Crippen LogP contribution in [0.1, 0.15) is 19.3 Å². The highest BCUT2D eigenvalue weighted by molar-refractivity contribution is 6.32. The quantitative estimate of drug-likeness (QED) is 0.790. The van der Waals surface area contributed by atoms with Crippen LogP contribution in [-0.2, 0) is 4.79 Å². The third-order valence-corrected chi connectivity index (χ3v) is 2.81. The summed E-state index contributed by atoms with van der Waals surface area (Å²) in [6.45, 7) is 0.284. The van der Waals surface area contributed by atoms with Gasteiger partial charge in [0, 0.05) is 6.04 Å². The zero-order chi connectivity index (χ0) is 12.3. The molecule has 1 fully saturated rings. The van der Waals surface area contributed by atoms with Crippen LogP contribution in [0, 0.1) is 0 Å². The number of hydrogen-bond donors (Lipinski definition) is 2. The highest BCUT2D eigenvalue weighted by Crippen LogP contribution is 2.30. The van der Waals surface area contributed by atoms with E-state index >= 15 is 0 Å². The largest absolute Gasteiger partial charge is 0.489 e. The highest BCUT2D eigenvalue weighted by Gasteiger charge is 2.22. The van der Waals surface area contributed by atoms with Crippen LogP contribution in [0.25, 0.3) is 0 Å². The van der Waals surface area contributed by atoms with Crippen molar-refractivity contribution in [2.75, 3.05) is 12.3 Å². The molecule has 3 N–H and O–H groups in total. The van der Waals surface area contributed by atoms with Gasteiger partial charge in [0.1, 0.15) is 0 Å². The Labute approximate surface area is 105 Å². The Kier molecular flexibility index (Phi) is 3.74. The van der Waals surface area contributed by atoms with Crippen LogP contribution in [-0.4, -0.2) is 18.6 Å². The minimum absolute atomic E-state index is 0.0122. The van der Waals surface area contributed by atoms with E-state index in [0.29, 0.717) is 28.9 Å². The number of anilines is 1. The standard InChI is InChI=1S/C12H15ClN2O2/c13-9-2-1-3-10(14)12(9)17-7-6-11(16)15-8-4-5-8/h1-3,8H,4-7,14H2,(H,15,16). The minimum atomic E-state index is 0.0122. The molecule has 17 heavy (non-hydrogen) atoms. The molecule has 1 aliphatic rings. The molecule has 0 spiro atoms. The van der Waals surface area contributed by atoms with Gasteiger partial charge in [-0.2, -0.15) is 0 Å². The Bertz CT molecular complexity index is 399. The number of hydrogen-bond acceptors (Lipinski definition) is 3. The van der Waals surface area contributed by atoms with E-state index in [4.69, 9.17) is 22.1 Å². The summed E-state index contributed by atoms with van der Waals surface area (Å²) in [7, 11) is 0. The van der Waals surface area contributed by atoms with Gasteiger partial charge in [-0.25, -0.2) is 0 Å². The van der Waals surface area contributed by atoms with E-state index in [1.54, 1.807) is 18.2 Å². The summed E-state index contributed by atoms with van der Waals surface area (Å²) < 4.78 is 5.42. The zero-order valence-electron chi connectivity index (χ0n) is 9.41. The second-order valence-electron chi connectivity index (χ2n) is 4.10. The lowest BCUT2D eigenvalue weighted by molar-refractivity contribution is -0.121. The Morgan fingerprint density at radius 3 is 2.94 bits per heavy atom. The Hall–Kier alpha value is -1.42. The maximum atomic E-state index is 11.4. The van der Waals surface area contributed by atoms with Crippen molar-refractivity contribution in [1.29, 1.82) is 0 Å². The summed E-state index contributed by atoms with van der Waals surface area (Å²) in [5, 5.41) is 3.35. The van der Waals surface area contributed by atoms with E-state index in [1.807, 2.05) is 0 Å². The van der Waals surface area contributed by atoms with Gasteiger partial charge in [-0.3, -0.25) is 4.79 Å². The molecule has 0 bridgehead atoms. The molecule has 0 unspecified atom stereocenters. The van der Waals surface area contributed by atoms with E-state index < -0.39 is 0 Å². The third kappa shape index (κ3) is 3.53. The molecule has 1 amide bonds. The van der Waals surface area contributed by atoms with Crippen LogP contribution in [0.15, 0.2) is 18.2 Å². The molecule has 0 saturated heterocycles. The topological polar surface area (TPSA) is 64.3 Å². The van der Waals surface area contributed by atoms with Crippen LogP contribution < -0.4 is 15.8 Å².